The van der Waals surface area contributed by atoms with Crippen LogP contribution in [0, 0.1) is 5.92 Å². The minimum atomic E-state index is -0.409. The highest BCUT2D eigenvalue weighted by Gasteiger charge is 2.22. The maximum absolute atomic E-state index is 11.9. The van der Waals surface area contributed by atoms with E-state index in [1.165, 1.54) is 11.3 Å². The van der Waals surface area contributed by atoms with Gasteiger partial charge in [0.15, 0.2) is 0 Å². The number of nitrogens with zero attached hydrogens (tertiary/aromatic N) is 2. The number of aromatic nitrogens is 1. The summed E-state index contributed by atoms with van der Waals surface area (Å²) in [6, 6.07) is -0.409. The fourth-order valence-electron chi connectivity index (χ4n) is 1.39. The van der Waals surface area contributed by atoms with Gasteiger partial charge in [0.05, 0.1) is 23.8 Å². The van der Waals surface area contributed by atoms with Crippen LogP contribution in [0.3, 0.4) is 0 Å². The van der Waals surface area contributed by atoms with Gasteiger partial charge in [-0.3, -0.25) is 4.79 Å². The van der Waals surface area contributed by atoms with Crippen LogP contribution in [0.25, 0.3) is 0 Å². The zero-order valence-corrected chi connectivity index (χ0v) is 12.1. The number of amides is 1. The molecular weight excluding hydrogens is 258 g/mol. The van der Waals surface area contributed by atoms with Crippen LogP contribution < -0.4 is 5.73 Å². The van der Waals surface area contributed by atoms with Crippen LogP contribution >= 0.6 is 23.7 Å². The van der Waals surface area contributed by atoms with E-state index in [1.807, 2.05) is 19.2 Å². The number of likely N-dealkylation sites (N-methyl/N-ethyl adjacent to an activating group) is 1. The predicted molar refractivity (Wildman–Crippen MR) is 73.3 cm³/mol. The van der Waals surface area contributed by atoms with Crippen LogP contribution in [0.1, 0.15) is 26.0 Å². The van der Waals surface area contributed by atoms with Crippen molar-refractivity contribution in [1.82, 2.24) is 9.88 Å². The lowest BCUT2D eigenvalue weighted by Gasteiger charge is -2.23. The lowest BCUT2D eigenvalue weighted by atomic mass is 9.99. The highest BCUT2D eigenvalue weighted by molar-refractivity contribution is 7.07. The molecule has 1 rings (SSSR count). The van der Waals surface area contributed by atoms with Gasteiger partial charge in [0.25, 0.3) is 0 Å². The summed E-state index contributed by atoms with van der Waals surface area (Å²) in [6.07, 6.45) is 0.914. The molecule has 2 N–H and O–H groups in total. The van der Waals surface area contributed by atoms with E-state index in [9.17, 15) is 4.79 Å². The van der Waals surface area contributed by atoms with Crippen molar-refractivity contribution in [3.05, 3.63) is 16.6 Å². The molecule has 0 radical (unpaired) electrons. The summed E-state index contributed by atoms with van der Waals surface area (Å²) in [6.45, 7) is 4.57. The molecule has 0 bridgehead atoms. The van der Waals surface area contributed by atoms with E-state index in [0.717, 1.165) is 12.1 Å². The van der Waals surface area contributed by atoms with Crippen molar-refractivity contribution in [2.24, 2.45) is 11.7 Å². The van der Waals surface area contributed by atoms with E-state index in [2.05, 4.69) is 4.98 Å². The van der Waals surface area contributed by atoms with Crippen molar-refractivity contribution in [2.75, 3.05) is 7.05 Å². The maximum atomic E-state index is 11.9. The van der Waals surface area contributed by atoms with E-state index >= 15 is 0 Å². The van der Waals surface area contributed by atoms with Crippen LogP contribution in [0.5, 0.6) is 0 Å². The minimum Gasteiger partial charge on any atom is -0.338 e. The van der Waals surface area contributed by atoms with Crippen molar-refractivity contribution >= 4 is 29.7 Å². The molecule has 0 aliphatic heterocycles. The third-order valence-corrected chi connectivity index (χ3v) is 3.44. The molecule has 1 heterocycles. The minimum absolute atomic E-state index is 0. The molecule has 1 aromatic heterocycles. The van der Waals surface area contributed by atoms with Gasteiger partial charge < -0.3 is 10.6 Å². The van der Waals surface area contributed by atoms with Crippen LogP contribution in [-0.2, 0) is 11.3 Å². The van der Waals surface area contributed by atoms with Crippen molar-refractivity contribution in [3.63, 3.8) is 0 Å². The number of carbonyl (C=O) groups excluding carboxylic acids is 1. The Kier molecular flexibility index (Phi) is 7.34. The summed E-state index contributed by atoms with van der Waals surface area (Å²) in [5, 5.41) is 1.94. The fraction of sp³-hybridized carbons (Fsp3) is 0.636. The summed E-state index contributed by atoms with van der Waals surface area (Å²) in [7, 11) is 1.77. The van der Waals surface area contributed by atoms with Gasteiger partial charge in [0, 0.05) is 12.4 Å². The average Bonchev–Trinajstić information content (AvgIpc) is 2.78. The molecule has 0 saturated carbocycles. The van der Waals surface area contributed by atoms with Crippen LogP contribution in [0.4, 0.5) is 0 Å². The van der Waals surface area contributed by atoms with Crippen LogP contribution in [0.2, 0.25) is 0 Å². The molecule has 98 valence electrons. The van der Waals surface area contributed by atoms with E-state index < -0.39 is 6.04 Å². The Labute approximate surface area is 113 Å². The highest BCUT2D eigenvalue weighted by atomic mass is 35.5. The average molecular weight is 278 g/mol. The second kappa shape index (κ2) is 7.63. The first-order chi connectivity index (χ1) is 7.56. The monoisotopic (exact) mass is 277 g/mol. The second-order valence-corrected chi connectivity index (χ2v) is 4.80. The SMILES string of the molecule is CCC(C)C(N)C(=O)N(C)Cc1cscn1.Cl. The van der Waals surface area contributed by atoms with E-state index in [0.29, 0.717) is 6.54 Å². The van der Waals surface area contributed by atoms with Crippen LogP contribution in [-0.4, -0.2) is 28.9 Å². The lowest BCUT2D eigenvalue weighted by Crippen LogP contribution is -2.45. The third-order valence-electron chi connectivity index (χ3n) is 2.80. The number of rotatable bonds is 5. The molecule has 17 heavy (non-hydrogen) atoms. The normalized spacial score (nSPS) is 13.6. The molecule has 1 aromatic rings. The topological polar surface area (TPSA) is 59.2 Å². The highest BCUT2D eigenvalue weighted by Crippen LogP contribution is 2.10. The number of nitrogens with two attached hydrogens (primary N) is 1. The molecular formula is C11H20ClN3OS. The van der Waals surface area contributed by atoms with Crippen molar-refractivity contribution in [2.45, 2.75) is 32.9 Å². The smallest absolute Gasteiger partial charge is 0.239 e. The summed E-state index contributed by atoms with van der Waals surface area (Å²) in [5.41, 5.74) is 8.57. The van der Waals surface area contributed by atoms with Gasteiger partial charge in [0.2, 0.25) is 5.91 Å². The van der Waals surface area contributed by atoms with E-state index in [-0.39, 0.29) is 24.2 Å². The first-order valence-electron chi connectivity index (χ1n) is 5.43. The Bertz CT molecular complexity index is 331. The first-order valence-corrected chi connectivity index (χ1v) is 6.38. The fourth-order valence-corrected chi connectivity index (χ4v) is 1.94. The molecule has 0 fully saturated rings. The van der Waals surface area contributed by atoms with E-state index in [4.69, 9.17) is 5.73 Å². The van der Waals surface area contributed by atoms with Crippen molar-refractivity contribution in [1.29, 1.82) is 0 Å². The van der Waals surface area contributed by atoms with Gasteiger partial charge >= 0.3 is 0 Å². The van der Waals surface area contributed by atoms with Gasteiger partial charge in [-0.1, -0.05) is 20.3 Å². The Balaban J connectivity index is 0.00000256. The molecule has 4 nitrogen and oxygen atoms in total. The third kappa shape index (κ3) is 4.61. The second-order valence-electron chi connectivity index (χ2n) is 4.09. The lowest BCUT2D eigenvalue weighted by molar-refractivity contribution is -0.133. The van der Waals surface area contributed by atoms with E-state index in [1.54, 1.807) is 17.5 Å². The van der Waals surface area contributed by atoms with Gasteiger partial charge in [-0.25, -0.2) is 4.98 Å². The maximum Gasteiger partial charge on any atom is 0.239 e. The zero-order valence-electron chi connectivity index (χ0n) is 10.4. The number of halogens is 1. The summed E-state index contributed by atoms with van der Waals surface area (Å²) in [4.78, 5) is 17.7. The Morgan fingerprint density at radius 3 is 2.76 bits per heavy atom. The largest absolute Gasteiger partial charge is 0.338 e. The van der Waals surface area contributed by atoms with Gasteiger partial charge in [0.1, 0.15) is 0 Å². The molecule has 0 saturated heterocycles. The number of hydrogen-bond donors (Lipinski definition) is 1. The zero-order chi connectivity index (χ0) is 12.1. The van der Waals surface area contributed by atoms with Crippen molar-refractivity contribution in [3.8, 4) is 0 Å². The Morgan fingerprint density at radius 2 is 2.29 bits per heavy atom. The number of thiazole rings is 1. The Morgan fingerprint density at radius 1 is 1.65 bits per heavy atom. The summed E-state index contributed by atoms with van der Waals surface area (Å²) in [5.74, 6) is 0.202. The van der Waals surface area contributed by atoms with Gasteiger partial charge in [-0.05, 0) is 5.92 Å². The molecule has 0 aliphatic rings. The summed E-state index contributed by atoms with van der Waals surface area (Å²) < 4.78 is 0. The quantitative estimate of drug-likeness (QED) is 0.894. The Hall–Kier alpha value is -0.650. The molecule has 1 amide bonds. The first kappa shape index (κ1) is 16.4. The van der Waals surface area contributed by atoms with Crippen molar-refractivity contribution < 1.29 is 4.79 Å². The number of hydrogen-bond acceptors (Lipinski definition) is 4. The van der Waals surface area contributed by atoms with Gasteiger partial charge in [-0.2, -0.15) is 0 Å². The number of carbonyl (C=O) groups is 1. The standard InChI is InChI=1S/C11H19N3OS.ClH/c1-4-8(2)10(12)11(15)14(3)5-9-6-16-7-13-9;/h6-8,10H,4-5,12H2,1-3H3;1H. The molecule has 0 aliphatic carbocycles. The summed E-state index contributed by atoms with van der Waals surface area (Å²) >= 11 is 1.53. The molecule has 0 aromatic carbocycles. The molecule has 0 spiro atoms. The molecule has 2 unspecified atom stereocenters. The van der Waals surface area contributed by atoms with Gasteiger partial charge in [-0.15, -0.1) is 23.7 Å². The molecule has 2 atom stereocenters. The van der Waals surface area contributed by atoms with Crippen LogP contribution in [0.15, 0.2) is 10.9 Å². The molecule has 6 heteroatoms. The predicted octanol–water partition coefficient (Wildman–Crippen LogP) is 1.90.